The van der Waals surface area contributed by atoms with E-state index in [0.29, 0.717) is 16.9 Å². The van der Waals surface area contributed by atoms with Crippen molar-refractivity contribution in [1.82, 2.24) is 9.78 Å². The molecule has 3 aromatic rings. The van der Waals surface area contributed by atoms with Gasteiger partial charge in [-0.05, 0) is 30.3 Å². The Morgan fingerprint density at radius 2 is 1.85 bits per heavy atom. The van der Waals surface area contributed by atoms with Crippen LogP contribution in [-0.4, -0.2) is 9.78 Å². The van der Waals surface area contributed by atoms with E-state index in [-0.39, 0.29) is 5.02 Å². The number of hydrogen-bond donors (Lipinski definition) is 1. The Labute approximate surface area is 120 Å². The van der Waals surface area contributed by atoms with Crippen molar-refractivity contribution in [2.24, 2.45) is 0 Å². The highest BCUT2D eigenvalue weighted by molar-refractivity contribution is 6.31. The fraction of sp³-hybridized carbons (Fsp3) is 0. The molecule has 2 N–H and O–H groups in total. The number of nitrogens with two attached hydrogens (primary N) is 1. The standard InChI is InChI=1S/C15H11ClFN3/c16-12-8-10(6-7-13(12)17)15-14(18)9-20(19-15)11-4-2-1-3-5-11/h1-9H,18H2. The average molecular weight is 288 g/mol. The van der Waals surface area contributed by atoms with Crippen molar-refractivity contribution >= 4 is 17.3 Å². The van der Waals surface area contributed by atoms with Crippen molar-refractivity contribution in [2.45, 2.75) is 0 Å². The topological polar surface area (TPSA) is 43.8 Å². The Morgan fingerprint density at radius 3 is 2.55 bits per heavy atom. The summed E-state index contributed by atoms with van der Waals surface area (Å²) < 4.78 is 14.9. The molecule has 20 heavy (non-hydrogen) atoms. The molecule has 3 rings (SSSR count). The molecule has 0 bridgehead atoms. The highest BCUT2D eigenvalue weighted by Crippen LogP contribution is 2.28. The second-order valence-corrected chi connectivity index (χ2v) is 4.75. The number of hydrogen-bond acceptors (Lipinski definition) is 2. The summed E-state index contributed by atoms with van der Waals surface area (Å²) in [5.74, 6) is -0.462. The fourth-order valence-corrected chi connectivity index (χ4v) is 2.15. The SMILES string of the molecule is Nc1cn(-c2ccccc2)nc1-c1ccc(F)c(Cl)c1. The number of halogens is 2. The molecule has 0 saturated carbocycles. The van der Waals surface area contributed by atoms with E-state index in [1.54, 1.807) is 16.9 Å². The van der Waals surface area contributed by atoms with Crippen LogP contribution in [0.2, 0.25) is 5.02 Å². The van der Waals surface area contributed by atoms with Gasteiger partial charge in [0.2, 0.25) is 0 Å². The molecule has 0 atom stereocenters. The van der Waals surface area contributed by atoms with E-state index < -0.39 is 5.82 Å². The highest BCUT2D eigenvalue weighted by atomic mass is 35.5. The van der Waals surface area contributed by atoms with E-state index in [0.717, 1.165) is 5.69 Å². The molecule has 0 radical (unpaired) electrons. The van der Waals surface area contributed by atoms with Crippen molar-refractivity contribution in [2.75, 3.05) is 5.73 Å². The Kier molecular flexibility index (Phi) is 3.16. The minimum absolute atomic E-state index is 0.0520. The second kappa shape index (κ2) is 4.98. The Morgan fingerprint density at radius 1 is 1.10 bits per heavy atom. The Bertz CT molecular complexity index is 753. The third-order valence-electron chi connectivity index (χ3n) is 2.96. The number of anilines is 1. The summed E-state index contributed by atoms with van der Waals surface area (Å²) in [6.07, 6.45) is 1.72. The zero-order chi connectivity index (χ0) is 14.1. The van der Waals surface area contributed by atoms with Gasteiger partial charge in [0.25, 0.3) is 0 Å². The summed E-state index contributed by atoms with van der Waals surface area (Å²) in [6, 6.07) is 14.0. The lowest BCUT2D eigenvalue weighted by molar-refractivity contribution is 0.628. The van der Waals surface area contributed by atoms with Gasteiger partial charge in [0.05, 0.1) is 22.6 Å². The molecule has 0 saturated heterocycles. The first kappa shape index (κ1) is 12.7. The van der Waals surface area contributed by atoms with Crippen LogP contribution in [0.4, 0.5) is 10.1 Å². The number of rotatable bonds is 2. The van der Waals surface area contributed by atoms with Crippen molar-refractivity contribution in [3.05, 3.63) is 65.6 Å². The Balaban J connectivity index is 2.07. The van der Waals surface area contributed by atoms with Gasteiger partial charge in [0, 0.05) is 5.56 Å². The number of para-hydroxylation sites is 1. The lowest BCUT2D eigenvalue weighted by Gasteiger charge is -2.01. The van der Waals surface area contributed by atoms with E-state index >= 15 is 0 Å². The molecule has 0 fully saturated rings. The van der Waals surface area contributed by atoms with Crippen molar-refractivity contribution in [1.29, 1.82) is 0 Å². The molecule has 0 aliphatic rings. The molecular weight excluding hydrogens is 277 g/mol. The van der Waals surface area contributed by atoms with E-state index in [1.807, 2.05) is 30.3 Å². The lowest BCUT2D eigenvalue weighted by atomic mass is 10.1. The summed E-state index contributed by atoms with van der Waals surface area (Å²) in [6.45, 7) is 0. The van der Waals surface area contributed by atoms with Crippen LogP contribution in [0.25, 0.3) is 16.9 Å². The van der Waals surface area contributed by atoms with Crippen LogP contribution < -0.4 is 5.73 Å². The van der Waals surface area contributed by atoms with Crippen LogP contribution in [0.15, 0.2) is 54.7 Å². The Hall–Kier alpha value is -2.33. The predicted octanol–water partition coefficient (Wildman–Crippen LogP) is 3.91. The maximum atomic E-state index is 13.2. The van der Waals surface area contributed by atoms with Crippen LogP contribution >= 0.6 is 11.6 Å². The number of aromatic nitrogens is 2. The number of nitrogen functional groups attached to an aromatic ring is 1. The highest BCUT2D eigenvalue weighted by Gasteiger charge is 2.11. The number of nitrogens with zero attached hydrogens (tertiary/aromatic N) is 2. The third-order valence-corrected chi connectivity index (χ3v) is 3.25. The average Bonchev–Trinajstić information content (AvgIpc) is 2.85. The zero-order valence-electron chi connectivity index (χ0n) is 10.4. The minimum Gasteiger partial charge on any atom is -0.396 e. The predicted molar refractivity (Wildman–Crippen MR) is 78.4 cm³/mol. The second-order valence-electron chi connectivity index (χ2n) is 4.34. The van der Waals surface area contributed by atoms with Gasteiger partial charge in [-0.3, -0.25) is 0 Å². The quantitative estimate of drug-likeness (QED) is 0.776. The van der Waals surface area contributed by atoms with Crippen LogP contribution in [-0.2, 0) is 0 Å². The maximum absolute atomic E-state index is 13.2. The van der Waals surface area contributed by atoms with Crippen molar-refractivity contribution in [3.63, 3.8) is 0 Å². The summed E-state index contributed by atoms with van der Waals surface area (Å²) in [5.41, 5.74) is 8.65. The summed E-state index contributed by atoms with van der Waals surface area (Å²) in [7, 11) is 0. The molecule has 5 heteroatoms. The molecule has 0 aliphatic heterocycles. The molecular formula is C15H11ClFN3. The van der Waals surface area contributed by atoms with E-state index in [9.17, 15) is 4.39 Å². The minimum atomic E-state index is -0.462. The van der Waals surface area contributed by atoms with Gasteiger partial charge >= 0.3 is 0 Å². The lowest BCUT2D eigenvalue weighted by Crippen LogP contribution is -1.94. The first-order chi connectivity index (χ1) is 9.65. The van der Waals surface area contributed by atoms with Gasteiger partial charge in [0.15, 0.2) is 0 Å². The van der Waals surface area contributed by atoms with Gasteiger partial charge < -0.3 is 5.73 Å². The van der Waals surface area contributed by atoms with Crippen LogP contribution in [0.1, 0.15) is 0 Å². The maximum Gasteiger partial charge on any atom is 0.141 e. The summed E-state index contributed by atoms with van der Waals surface area (Å²) >= 11 is 5.79. The molecule has 0 aliphatic carbocycles. The first-order valence-electron chi connectivity index (χ1n) is 6.01. The van der Waals surface area contributed by atoms with E-state index in [2.05, 4.69) is 5.10 Å². The van der Waals surface area contributed by atoms with Crippen molar-refractivity contribution < 1.29 is 4.39 Å². The van der Waals surface area contributed by atoms with E-state index in [4.69, 9.17) is 17.3 Å². The van der Waals surface area contributed by atoms with Gasteiger partial charge in [-0.25, -0.2) is 9.07 Å². The molecule has 0 unspecified atom stereocenters. The van der Waals surface area contributed by atoms with Gasteiger partial charge in [-0.2, -0.15) is 5.10 Å². The van der Waals surface area contributed by atoms with Gasteiger partial charge in [-0.15, -0.1) is 0 Å². The molecule has 1 heterocycles. The smallest absolute Gasteiger partial charge is 0.141 e. The third kappa shape index (κ3) is 2.26. The largest absolute Gasteiger partial charge is 0.396 e. The fourth-order valence-electron chi connectivity index (χ4n) is 1.97. The van der Waals surface area contributed by atoms with Crippen LogP contribution in [0.5, 0.6) is 0 Å². The molecule has 2 aromatic carbocycles. The van der Waals surface area contributed by atoms with Gasteiger partial charge in [0.1, 0.15) is 11.5 Å². The summed E-state index contributed by atoms with van der Waals surface area (Å²) in [4.78, 5) is 0. The zero-order valence-corrected chi connectivity index (χ0v) is 11.2. The van der Waals surface area contributed by atoms with Gasteiger partial charge in [-0.1, -0.05) is 29.8 Å². The molecule has 1 aromatic heterocycles. The first-order valence-corrected chi connectivity index (χ1v) is 6.39. The molecule has 100 valence electrons. The van der Waals surface area contributed by atoms with Crippen LogP contribution in [0, 0.1) is 5.82 Å². The van der Waals surface area contributed by atoms with Crippen molar-refractivity contribution in [3.8, 4) is 16.9 Å². The van der Waals surface area contributed by atoms with E-state index in [1.165, 1.54) is 12.1 Å². The molecule has 0 amide bonds. The monoisotopic (exact) mass is 287 g/mol. The molecule has 3 nitrogen and oxygen atoms in total. The number of benzene rings is 2. The normalized spacial score (nSPS) is 10.7. The van der Waals surface area contributed by atoms with Crippen LogP contribution in [0.3, 0.4) is 0 Å². The molecule has 0 spiro atoms. The summed E-state index contributed by atoms with van der Waals surface area (Å²) in [5, 5.41) is 4.48.